The van der Waals surface area contributed by atoms with Crippen LogP contribution in [0, 0.1) is 11.8 Å². The third-order valence-corrected chi connectivity index (χ3v) is 12.9. The molecule has 6 aliphatic rings. The number of carbonyl (C=O) groups is 6. The molecule has 1 aromatic carbocycles. The number of carbonyl (C=O) groups excluding carboxylic acids is 6. The van der Waals surface area contributed by atoms with E-state index in [2.05, 4.69) is 52.6 Å². The van der Waals surface area contributed by atoms with Crippen molar-refractivity contribution < 1.29 is 28.8 Å². The lowest BCUT2D eigenvalue weighted by atomic mass is 9.91. The molecule has 0 radical (unpaired) electrons. The second-order valence-electron chi connectivity index (χ2n) is 17.0. The summed E-state index contributed by atoms with van der Waals surface area (Å²) in [5.41, 5.74) is 15.1. The number of anilines is 3. The predicted molar refractivity (Wildman–Crippen MR) is 227 cm³/mol. The number of amides is 6. The van der Waals surface area contributed by atoms with Gasteiger partial charge in [0.15, 0.2) is 11.5 Å². The van der Waals surface area contributed by atoms with Gasteiger partial charge in [0.05, 0.1) is 23.0 Å². The highest BCUT2D eigenvalue weighted by Crippen LogP contribution is 2.33. The van der Waals surface area contributed by atoms with Crippen LogP contribution in [0.1, 0.15) is 102 Å². The number of aromatic nitrogens is 2. The van der Waals surface area contributed by atoms with Gasteiger partial charge < -0.3 is 36.5 Å². The van der Waals surface area contributed by atoms with Gasteiger partial charge in [0.2, 0.25) is 17.7 Å². The Balaban J connectivity index is 0.798. The first-order chi connectivity index (χ1) is 29.6. The molecule has 2 atom stereocenters. The Morgan fingerprint density at radius 1 is 0.902 bits per heavy atom. The summed E-state index contributed by atoms with van der Waals surface area (Å²) in [6.07, 6.45) is 13.9. The summed E-state index contributed by atoms with van der Waals surface area (Å²) in [5, 5.41) is 8.89. The molecule has 6 heterocycles. The fourth-order valence-corrected chi connectivity index (χ4v) is 9.55. The average molecular weight is 837 g/mol. The van der Waals surface area contributed by atoms with Gasteiger partial charge in [0.25, 0.3) is 17.7 Å². The molecule has 2 aromatic rings. The lowest BCUT2D eigenvalue weighted by Crippen LogP contribution is -2.54. The van der Waals surface area contributed by atoms with Crippen LogP contribution < -0.4 is 42.3 Å². The number of likely N-dealkylation sites (tertiary alicyclic amines) is 1. The summed E-state index contributed by atoms with van der Waals surface area (Å²) in [5.74, 6) is -1.19. The maximum atomic E-state index is 13.6. The van der Waals surface area contributed by atoms with Gasteiger partial charge in [-0.05, 0) is 107 Å². The maximum absolute atomic E-state index is 13.6. The minimum atomic E-state index is -0.982. The van der Waals surface area contributed by atoms with Crippen LogP contribution >= 0.6 is 0 Å². The summed E-state index contributed by atoms with van der Waals surface area (Å²) in [7, 11) is 1.80. The summed E-state index contributed by atoms with van der Waals surface area (Å²) in [4.78, 5) is 93.6. The zero-order valence-electron chi connectivity index (χ0n) is 34.7. The number of nitrogens with one attached hydrogen (secondary N) is 5. The molecule has 8 rings (SSSR count). The first-order valence-corrected chi connectivity index (χ1v) is 21.7. The molecule has 1 aromatic heterocycles. The normalized spacial score (nSPS) is 23.2. The first kappa shape index (κ1) is 41.8. The number of fused-ring (bicyclic) bond motifs is 1. The molecule has 18 heteroatoms. The number of hydrazine groups is 1. The molecule has 5 aliphatic heterocycles. The Hall–Kier alpha value is -5.88. The van der Waals surface area contributed by atoms with Gasteiger partial charge >= 0.3 is 0 Å². The lowest BCUT2D eigenvalue weighted by Gasteiger charge is -2.39. The van der Waals surface area contributed by atoms with E-state index in [1.807, 2.05) is 12.1 Å². The quantitative estimate of drug-likeness (QED) is 0.132. The zero-order valence-corrected chi connectivity index (χ0v) is 34.7. The third-order valence-electron chi connectivity index (χ3n) is 12.9. The Morgan fingerprint density at radius 3 is 2.44 bits per heavy atom. The Bertz CT molecular complexity index is 2120. The Labute approximate surface area is 355 Å². The van der Waals surface area contributed by atoms with E-state index in [-0.39, 0.29) is 42.0 Å². The molecule has 4 fully saturated rings. The summed E-state index contributed by atoms with van der Waals surface area (Å²) in [6.45, 7) is 5.70. The second-order valence-corrected chi connectivity index (χ2v) is 17.0. The largest absolute Gasteiger partial charge is 0.371 e. The van der Waals surface area contributed by atoms with Crippen molar-refractivity contribution in [3.63, 3.8) is 0 Å². The lowest BCUT2D eigenvalue weighted by molar-refractivity contribution is -0.136. The minimum Gasteiger partial charge on any atom is -0.371 e. The molecule has 0 spiro atoms. The van der Waals surface area contributed by atoms with Crippen molar-refractivity contribution in [2.45, 2.75) is 82.7 Å². The predicted octanol–water partition coefficient (Wildman–Crippen LogP) is 1.78. The van der Waals surface area contributed by atoms with E-state index in [0.717, 1.165) is 119 Å². The monoisotopic (exact) mass is 836 g/mol. The van der Waals surface area contributed by atoms with E-state index in [9.17, 15) is 28.8 Å². The van der Waals surface area contributed by atoms with E-state index < -0.39 is 35.6 Å². The van der Waals surface area contributed by atoms with E-state index >= 15 is 0 Å². The van der Waals surface area contributed by atoms with Crippen molar-refractivity contribution in [2.75, 3.05) is 68.0 Å². The van der Waals surface area contributed by atoms with Crippen LogP contribution in [-0.2, 0) is 14.4 Å². The number of hydrogen-bond acceptors (Lipinski definition) is 14. The highest BCUT2D eigenvalue weighted by Gasteiger charge is 2.45. The van der Waals surface area contributed by atoms with Crippen LogP contribution in [0.15, 0.2) is 47.9 Å². The van der Waals surface area contributed by atoms with E-state index in [0.29, 0.717) is 29.7 Å². The number of primary amides is 1. The van der Waals surface area contributed by atoms with E-state index in [4.69, 9.17) is 10.7 Å². The topological polar surface area (TPSA) is 227 Å². The van der Waals surface area contributed by atoms with Crippen molar-refractivity contribution >= 4 is 52.8 Å². The van der Waals surface area contributed by atoms with Gasteiger partial charge in [-0.2, -0.15) is 0 Å². The smallest absolute Gasteiger partial charge is 0.271 e. The molecular weight excluding hydrogens is 781 g/mol. The van der Waals surface area contributed by atoms with Gasteiger partial charge in [0, 0.05) is 69.5 Å². The fraction of sp³-hybridized carbons (Fsp3) is 0.535. The number of hydrogen-bond donors (Lipinski definition) is 6. The molecule has 4 saturated heterocycles. The van der Waals surface area contributed by atoms with Crippen LogP contribution in [0.25, 0.3) is 0 Å². The van der Waals surface area contributed by atoms with E-state index in [1.165, 1.54) is 0 Å². The van der Waals surface area contributed by atoms with Crippen LogP contribution in [0.3, 0.4) is 0 Å². The van der Waals surface area contributed by atoms with Gasteiger partial charge in [-0.1, -0.05) is 6.08 Å². The zero-order chi connectivity index (χ0) is 42.6. The average Bonchev–Trinajstić information content (AvgIpc) is 3.35. The van der Waals surface area contributed by atoms with Gasteiger partial charge in [-0.25, -0.2) is 15.4 Å². The standard InChI is InChI=1S/C43H56N12O6/c1-45-51-33-8-4-2-3-7-32(33)48-39-37(38(44)57)46-23-35(49-39)54-17-5-6-28(25-54)47-40(58)27-15-18-52(19-16-27)24-26-13-20-53(21-14-26)29-9-10-30-31(22-29)43(61)55(42(30)60)34-11-12-36(56)50-41(34)59/h3,7,9-10,22-23,26-28,34,45,51H,2,4-6,8,11-21,24-25H2,1H3,(H2,44,57)(H,47,58)(H,48,49)(H,50,56,59)/t28-,34+/m1/s1. The fourth-order valence-electron chi connectivity index (χ4n) is 9.55. The molecule has 1 aliphatic carbocycles. The van der Waals surface area contributed by atoms with Crippen molar-refractivity contribution in [2.24, 2.45) is 17.6 Å². The first-order valence-electron chi connectivity index (χ1n) is 21.7. The number of piperidine rings is 4. The number of nitrogens with zero attached hydrogens (tertiary/aromatic N) is 6. The van der Waals surface area contributed by atoms with Crippen LogP contribution in [-0.4, -0.2) is 120 Å². The van der Waals surface area contributed by atoms with Crippen molar-refractivity contribution in [1.29, 1.82) is 0 Å². The van der Waals surface area contributed by atoms with Gasteiger partial charge in [-0.3, -0.25) is 39.0 Å². The second kappa shape index (κ2) is 18.4. The molecule has 0 saturated carbocycles. The van der Waals surface area contributed by atoms with Crippen molar-refractivity contribution in [3.8, 4) is 0 Å². The Kier molecular flexibility index (Phi) is 12.6. The molecule has 0 unspecified atom stereocenters. The Morgan fingerprint density at radius 2 is 1.69 bits per heavy atom. The minimum absolute atomic E-state index is 0.0361. The third kappa shape index (κ3) is 9.24. The molecular formula is C43H56N12O6. The molecule has 6 amide bonds. The van der Waals surface area contributed by atoms with Crippen molar-refractivity contribution in [3.05, 3.63) is 64.8 Å². The molecule has 18 nitrogen and oxygen atoms in total. The van der Waals surface area contributed by atoms with Crippen LogP contribution in [0.2, 0.25) is 0 Å². The van der Waals surface area contributed by atoms with Crippen LogP contribution in [0.4, 0.5) is 17.3 Å². The number of imide groups is 2. The van der Waals surface area contributed by atoms with Gasteiger partial charge in [0.1, 0.15) is 11.9 Å². The number of rotatable bonds is 12. The van der Waals surface area contributed by atoms with Gasteiger partial charge in [-0.15, -0.1) is 0 Å². The summed E-state index contributed by atoms with van der Waals surface area (Å²) < 4.78 is 0. The summed E-state index contributed by atoms with van der Waals surface area (Å²) >= 11 is 0. The van der Waals surface area contributed by atoms with E-state index in [1.54, 1.807) is 25.4 Å². The van der Waals surface area contributed by atoms with Crippen LogP contribution in [0.5, 0.6) is 0 Å². The highest BCUT2D eigenvalue weighted by molar-refractivity contribution is 6.23. The molecule has 61 heavy (non-hydrogen) atoms. The molecule has 7 N–H and O–H groups in total. The number of benzene rings is 1. The molecule has 0 bridgehead atoms. The SMILES string of the molecule is CNNC1=C(Nc2nc(N3CCC[C@@H](NC(=O)C4CCN(CC5CCN(c6ccc7c(c6)C(=O)N([C@H]6CCC(=O)NC6=O)C7=O)CC5)CC4)C3)cnc2C(N)=O)C=CCCC1. The number of nitrogens with two attached hydrogens (primary N) is 1. The molecule has 324 valence electrons. The number of allylic oxidation sites excluding steroid dienone is 3. The summed E-state index contributed by atoms with van der Waals surface area (Å²) in [6, 6.07) is 4.30. The maximum Gasteiger partial charge on any atom is 0.271 e. The van der Waals surface area contributed by atoms with Crippen molar-refractivity contribution in [1.82, 2.24) is 41.3 Å². The highest BCUT2D eigenvalue weighted by atomic mass is 16.2.